The third kappa shape index (κ3) is 4.38. The van der Waals surface area contributed by atoms with Gasteiger partial charge in [0.15, 0.2) is 0 Å². The molecule has 2 heteroatoms. The van der Waals surface area contributed by atoms with Gasteiger partial charge < -0.3 is 0 Å². The maximum absolute atomic E-state index is 2.39. The van der Waals surface area contributed by atoms with Crippen molar-refractivity contribution in [3.63, 3.8) is 0 Å². The van der Waals surface area contributed by atoms with Crippen LogP contribution < -0.4 is 0 Å². The summed E-state index contributed by atoms with van der Waals surface area (Å²) in [6, 6.07) is 35.7. The molecule has 0 aliphatic carbocycles. The molecule has 0 N–H and O–H groups in total. The first-order chi connectivity index (χ1) is 19.4. The summed E-state index contributed by atoms with van der Waals surface area (Å²) in [5.41, 5.74) is 13.0. The molecule has 0 aliphatic rings. The summed E-state index contributed by atoms with van der Waals surface area (Å²) in [5.74, 6) is 0. The van der Waals surface area contributed by atoms with E-state index in [1.54, 1.807) is 0 Å². The predicted octanol–water partition coefficient (Wildman–Crippen LogP) is 12.0. The van der Waals surface area contributed by atoms with Crippen LogP contribution in [0.15, 0.2) is 97.1 Å². The van der Waals surface area contributed by atoms with Gasteiger partial charge in [-0.15, -0.1) is 22.7 Å². The number of thiophene rings is 2. The van der Waals surface area contributed by atoms with Crippen molar-refractivity contribution in [1.29, 1.82) is 0 Å². The Morgan fingerprint density at radius 1 is 0.425 bits per heavy atom. The second-order valence-corrected chi connectivity index (χ2v) is 13.0. The van der Waals surface area contributed by atoms with Crippen molar-refractivity contribution in [1.82, 2.24) is 0 Å². The monoisotopic (exact) mass is 550 g/mol. The number of benzene rings is 5. The maximum atomic E-state index is 2.39. The fourth-order valence-electron chi connectivity index (χ4n) is 5.73. The molecule has 7 rings (SSSR count). The highest BCUT2D eigenvalue weighted by molar-refractivity contribution is 7.36. The third-order valence-corrected chi connectivity index (χ3v) is 10.5. The molecule has 0 atom stereocenters. The van der Waals surface area contributed by atoms with Gasteiger partial charge in [0.25, 0.3) is 0 Å². The van der Waals surface area contributed by atoms with Gasteiger partial charge in [-0.05, 0) is 95.5 Å². The minimum absolute atomic E-state index is 1.25. The average Bonchev–Trinajstić information content (AvgIpc) is 3.50. The number of hydrogen-bond donors (Lipinski definition) is 0. The Bertz CT molecular complexity index is 2070. The molecule has 2 aromatic heterocycles. The van der Waals surface area contributed by atoms with Crippen molar-refractivity contribution in [3.8, 4) is 22.3 Å². The van der Waals surface area contributed by atoms with Crippen molar-refractivity contribution < 1.29 is 0 Å². The van der Waals surface area contributed by atoms with Gasteiger partial charge in [0.2, 0.25) is 0 Å². The molecule has 2 heterocycles. The highest BCUT2D eigenvalue weighted by atomic mass is 32.1. The van der Waals surface area contributed by atoms with Gasteiger partial charge >= 0.3 is 0 Å². The van der Waals surface area contributed by atoms with E-state index in [-0.39, 0.29) is 0 Å². The topological polar surface area (TPSA) is 0 Å². The van der Waals surface area contributed by atoms with Crippen molar-refractivity contribution in [2.45, 2.75) is 27.7 Å². The van der Waals surface area contributed by atoms with E-state index in [9.17, 15) is 0 Å². The molecular formula is C38H30S2. The molecule has 0 unspecified atom stereocenters. The van der Waals surface area contributed by atoms with E-state index in [0.717, 1.165) is 0 Å². The van der Waals surface area contributed by atoms with E-state index in [1.165, 1.54) is 85.2 Å². The largest absolute Gasteiger partial charge is 0.134 e. The molecule has 0 spiro atoms. The Labute approximate surface area is 243 Å². The second kappa shape index (κ2) is 9.89. The molecule has 0 saturated carbocycles. The van der Waals surface area contributed by atoms with E-state index in [2.05, 4.69) is 137 Å². The van der Waals surface area contributed by atoms with E-state index in [1.807, 2.05) is 22.7 Å². The lowest BCUT2D eigenvalue weighted by Crippen LogP contribution is -1.82. The molecular weight excluding hydrogens is 521 g/mol. The van der Waals surface area contributed by atoms with Crippen molar-refractivity contribution >= 4 is 64.4 Å². The molecule has 0 nitrogen and oxygen atoms in total. The van der Waals surface area contributed by atoms with Gasteiger partial charge in [-0.2, -0.15) is 0 Å². The van der Waals surface area contributed by atoms with Crippen LogP contribution in [0.25, 0.3) is 64.0 Å². The zero-order valence-electron chi connectivity index (χ0n) is 23.2. The molecule has 0 aliphatic heterocycles. The lowest BCUT2D eigenvalue weighted by atomic mass is 9.98. The fraction of sp³-hybridized carbons (Fsp3) is 0.105. The molecule has 0 radical (unpaired) electrons. The zero-order valence-corrected chi connectivity index (χ0v) is 24.8. The Hall–Kier alpha value is -3.98. The lowest BCUT2D eigenvalue weighted by molar-refractivity contribution is 1.33. The Kier molecular flexibility index (Phi) is 6.19. The van der Waals surface area contributed by atoms with Crippen molar-refractivity contribution in [2.75, 3.05) is 0 Å². The summed E-state index contributed by atoms with van der Waals surface area (Å²) in [6.07, 6.45) is 4.49. The predicted molar refractivity (Wildman–Crippen MR) is 180 cm³/mol. The van der Waals surface area contributed by atoms with E-state index >= 15 is 0 Å². The van der Waals surface area contributed by atoms with E-state index in [0.29, 0.717) is 0 Å². The van der Waals surface area contributed by atoms with Crippen LogP contribution in [-0.2, 0) is 0 Å². The van der Waals surface area contributed by atoms with Crippen LogP contribution in [0.5, 0.6) is 0 Å². The molecule has 0 amide bonds. The summed E-state index contributed by atoms with van der Waals surface area (Å²) in [4.78, 5) is 0. The van der Waals surface area contributed by atoms with Crippen LogP contribution in [-0.4, -0.2) is 0 Å². The molecule has 5 aromatic carbocycles. The van der Waals surface area contributed by atoms with Gasteiger partial charge in [-0.1, -0.05) is 97.1 Å². The number of rotatable bonds is 4. The first kappa shape index (κ1) is 25.0. The first-order valence-electron chi connectivity index (χ1n) is 13.8. The van der Waals surface area contributed by atoms with Crippen LogP contribution in [0.2, 0.25) is 0 Å². The van der Waals surface area contributed by atoms with Gasteiger partial charge in [-0.25, -0.2) is 0 Å². The highest BCUT2D eigenvalue weighted by Gasteiger charge is 2.17. The van der Waals surface area contributed by atoms with Gasteiger partial charge in [0.1, 0.15) is 0 Å². The summed E-state index contributed by atoms with van der Waals surface area (Å²) in [6.45, 7) is 8.88. The average molecular weight is 551 g/mol. The van der Waals surface area contributed by atoms with Gasteiger partial charge in [0.05, 0.1) is 9.40 Å². The second-order valence-electron chi connectivity index (χ2n) is 10.9. The third-order valence-electron chi connectivity index (χ3n) is 8.03. The van der Waals surface area contributed by atoms with Crippen LogP contribution in [0.1, 0.15) is 33.4 Å². The molecule has 40 heavy (non-hydrogen) atoms. The smallest absolute Gasteiger partial charge is 0.0544 e. The summed E-state index contributed by atoms with van der Waals surface area (Å²) in [5, 5.41) is 2.83. The fourth-order valence-corrected chi connectivity index (χ4v) is 8.80. The maximum Gasteiger partial charge on any atom is 0.0544 e. The van der Waals surface area contributed by atoms with Gasteiger partial charge in [0, 0.05) is 20.2 Å². The Balaban J connectivity index is 1.27. The zero-order chi connectivity index (χ0) is 27.4. The minimum atomic E-state index is 1.25. The SMILES string of the molecule is Cc1ccc(/C=C/c2cc(C)c3c(c2)sc2c3sc3cc(-c4ccc(-c5ccccc5)cc4)cc(C)c32)cc1C. The lowest BCUT2D eigenvalue weighted by Gasteiger charge is -2.07. The van der Waals surface area contributed by atoms with Crippen LogP contribution in [0.4, 0.5) is 0 Å². The van der Waals surface area contributed by atoms with Crippen molar-refractivity contribution in [2.24, 2.45) is 0 Å². The van der Waals surface area contributed by atoms with Gasteiger partial charge in [-0.3, -0.25) is 0 Å². The van der Waals surface area contributed by atoms with E-state index in [4.69, 9.17) is 0 Å². The standard InChI is InChI=1S/C38H30S2/c1-23-10-11-27(18-24(23)2)12-13-28-19-25(3)35-33(21-28)39-38-36-26(4)20-32(22-34(36)40-37(35)38)31-16-14-30(15-17-31)29-8-6-5-7-9-29/h5-22H,1-4H3/b13-12+. The normalized spacial score (nSPS) is 11.9. The number of fused-ring (bicyclic) bond motifs is 5. The molecule has 7 aromatic rings. The van der Waals surface area contributed by atoms with Crippen LogP contribution in [0, 0.1) is 27.7 Å². The minimum Gasteiger partial charge on any atom is -0.134 e. The summed E-state index contributed by atoms with van der Waals surface area (Å²) < 4.78 is 5.61. The Morgan fingerprint density at radius 3 is 1.65 bits per heavy atom. The summed E-state index contributed by atoms with van der Waals surface area (Å²) >= 11 is 3.89. The Morgan fingerprint density at radius 2 is 0.975 bits per heavy atom. The quantitative estimate of drug-likeness (QED) is 0.191. The molecule has 0 bridgehead atoms. The summed E-state index contributed by atoms with van der Waals surface area (Å²) in [7, 11) is 0. The van der Waals surface area contributed by atoms with Crippen molar-refractivity contribution in [3.05, 3.63) is 130 Å². The number of aryl methyl sites for hydroxylation is 4. The first-order valence-corrected chi connectivity index (χ1v) is 15.4. The molecule has 0 fully saturated rings. The van der Waals surface area contributed by atoms with Crippen LogP contribution >= 0.6 is 22.7 Å². The highest BCUT2D eigenvalue weighted by Crippen LogP contribution is 2.47. The van der Waals surface area contributed by atoms with Crippen LogP contribution in [0.3, 0.4) is 0 Å². The van der Waals surface area contributed by atoms with E-state index < -0.39 is 0 Å². The number of hydrogen-bond acceptors (Lipinski definition) is 2. The molecule has 194 valence electrons. The molecule has 0 saturated heterocycles.